The van der Waals surface area contributed by atoms with Crippen LogP contribution in [0.2, 0.25) is 0 Å². The van der Waals surface area contributed by atoms with Gasteiger partial charge in [-0.3, -0.25) is 0 Å². The Bertz CT molecular complexity index is 703. The van der Waals surface area contributed by atoms with Gasteiger partial charge in [0.25, 0.3) is 0 Å². The minimum absolute atomic E-state index is 0.0159. The van der Waals surface area contributed by atoms with Gasteiger partial charge in [-0.05, 0) is 19.1 Å². The summed E-state index contributed by atoms with van der Waals surface area (Å²) < 4.78 is 0. The Hall–Kier alpha value is -2.63. The number of nitrogens with one attached hydrogen (secondary N) is 1. The normalized spacial score (nSPS) is 10.3. The lowest BCUT2D eigenvalue weighted by atomic mass is 10.0. The first-order chi connectivity index (χ1) is 9.40. The number of aromatic carboxylic acids is 1. The molecule has 0 radical (unpaired) electrons. The van der Waals surface area contributed by atoms with Crippen molar-refractivity contribution in [3.05, 3.63) is 46.0 Å². The van der Waals surface area contributed by atoms with E-state index in [0.29, 0.717) is 11.3 Å². The molecule has 1 aromatic heterocycles. The van der Waals surface area contributed by atoms with Gasteiger partial charge in [0, 0.05) is 31.0 Å². The second-order valence-electron chi connectivity index (χ2n) is 4.64. The maximum Gasteiger partial charge on any atom is 0.345 e. The largest absolute Gasteiger partial charge is 0.478 e. The maximum atomic E-state index is 11.5. The first kappa shape index (κ1) is 13.8. The quantitative estimate of drug-likeness (QED) is 0.885. The van der Waals surface area contributed by atoms with Crippen molar-refractivity contribution >= 4 is 11.7 Å². The number of H-pyrrole nitrogens is 1. The second-order valence-corrected chi connectivity index (χ2v) is 4.64. The van der Waals surface area contributed by atoms with E-state index in [4.69, 9.17) is 0 Å². The number of aryl methyl sites for hydroxylation is 1. The van der Waals surface area contributed by atoms with Gasteiger partial charge in [0.05, 0.1) is 5.69 Å². The molecule has 1 aromatic carbocycles. The predicted molar refractivity (Wildman–Crippen MR) is 76.3 cm³/mol. The molecule has 0 atom stereocenters. The highest BCUT2D eigenvalue weighted by Gasteiger charge is 2.17. The summed E-state index contributed by atoms with van der Waals surface area (Å²) in [6.45, 7) is 1.55. The number of nitrogens with zero attached hydrogens (tertiary/aromatic N) is 2. The topological polar surface area (TPSA) is 86.3 Å². The van der Waals surface area contributed by atoms with Gasteiger partial charge in [0.2, 0.25) is 0 Å². The van der Waals surface area contributed by atoms with Crippen molar-refractivity contribution < 1.29 is 9.90 Å². The Morgan fingerprint density at radius 2 is 1.85 bits per heavy atom. The monoisotopic (exact) mass is 273 g/mol. The molecule has 1 heterocycles. The molecule has 0 bridgehead atoms. The lowest BCUT2D eigenvalue weighted by Crippen LogP contribution is -2.18. The average molecular weight is 273 g/mol. The van der Waals surface area contributed by atoms with Crippen molar-refractivity contribution in [2.75, 3.05) is 19.0 Å². The van der Waals surface area contributed by atoms with E-state index in [1.807, 2.05) is 31.1 Å². The summed E-state index contributed by atoms with van der Waals surface area (Å²) in [6.07, 6.45) is 0. The number of aromatic nitrogens is 2. The molecule has 0 saturated heterocycles. The number of anilines is 1. The number of aromatic amines is 1. The van der Waals surface area contributed by atoms with Crippen molar-refractivity contribution in [3.63, 3.8) is 0 Å². The molecular formula is C14H15N3O3. The van der Waals surface area contributed by atoms with Gasteiger partial charge >= 0.3 is 11.7 Å². The number of rotatable bonds is 3. The fourth-order valence-electron chi connectivity index (χ4n) is 1.97. The van der Waals surface area contributed by atoms with Gasteiger partial charge in [0.1, 0.15) is 5.56 Å². The highest BCUT2D eigenvalue weighted by Crippen LogP contribution is 2.24. The van der Waals surface area contributed by atoms with Crippen LogP contribution in [0.15, 0.2) is 29.1 Å². The molecule has 0 saturated carbocycles. The van der Waals surface area contributed by atoms with Crippen LogP contribution in [0, 0.1) is 6.92 Å². The molecule has 20 heavy (non-hydrogen) atoms. The Labute approximate surface area is 115 Å². The Morgan fingerprint density at radius 1 is 1.25 bits per heavy atom. The first-order valence-corrected chi connectivity index (χ1v) is 6.02. The second kappa shape index (κ2) is 5.16. The summed E-state index contributed by atoms with van der Waals surface area (Å²) in [5.41, 5.74) is 1.52. The molecule has 0 fully saturated rings. The number of hydrogen-bond acceptors (Lipinski definition) is 4. The van der Waals surface area contributed by atoms with Crippen LogP contribution in [0.3, 0.4) is 0 Å². The molecule has 0 aliphatic rings. The zero-order chi connectivity index (χ0) is 14.9. The summed E-state index contributed by atoms with van der Waals surface area (Å²) in [5.74, 6) is -1.11. The highest BCUT2D eigenvalue weighted by molar-refractivity contribution is 5.95. The molecule has 2 aromatic rings. The third kappa shape index (κ3) is 2.54. The van der Waals surface area contributed by atoms with E-state index in [1.54, 1.807) is 19.1 Å². The number of carbonyl (C=O) groups is 1. The smallest absolute Gasteiger partial charge is 0.345 e. The van der Waals surface area contributed by atoms with E-state index >= 15 is 0 Å². The summed E-state index contributed by atoms with van der Waals surface area (Å²) in [7, 11) is 3.82. The third-order valence-corrected chi connectivity index (χ3v) is 2.99. The van der Waals surface area contributed by atoms with Crippen molar-refractivity contribution in [2.45, 2.75) is 6.92 Å². The minimum Gasteiger partial charge on any atom is -0.478 e. The molecule has 0 aliphatic carbocycles. The fourth-order valence-corrected chi connectivity index (χ4v) is 1.97. The molecule has 6 nitrogen and oxygen atoms in total. The van der Waals surface area contributed by atoms with E-state index in [2.05, 4.69) is 9.97 Å². The van der Waals surface area contributed by atoms with Crippen LogP contribution in [-0.4, -0.2) is 35.1 Å². The summed E-state index contributed by atoms with van der Waals surface area (Å²) >= 11 is 0. The van der Waals surface area contributed by atoms with Gasteiger partial charge in [-0.1, -0.05) is 12.1 Å². The van der Waals surface area contributed by atoms with Gasteiger partial charge < -0.3 is 15.0 Å². The molecule has 0 spiro atoms. The van der Waals surface area contributed by atoms with Crippen molar-refractivity contribution in [3.8, 4) is 11.3 Å². The van der Waals surface area contributed by atoms with E-state index in [1.165, 1.54) is 0 Å². The first-order valence-electron chi connectivity index (χ1n) is 6.02. The molecule has 0 aliphatic heterocycles. The molecule has 104 valence electrons. The van der Waals surface area contributed by atoms with Gasteiger partial charge in [-0.25, -0.2) is 9.59 Å². The zero-order valence-electron chi connectivity index (χ0n) is 11.5. The predicted octanol–water partition coefficient (Wildman–Crippen LogP) is 1.51. The zero-order valence-corrected chi connectivity index (χ0v) is 11.5. The maximum absolute atomic E-state index is 11.5. The third-order valence-electron chi connectivity index (χ3n) is 2.99. The van der Waals surface area contributed by atoms with Crippen molar-refractivity contribution in [1.82, 2.24) is 9.97 Å². The fraction of sp³-hybridized carbons (Fsp3) is 0.214. The van der Waals surface area contributed by atoms with Crippen LogP contribution in [0.4, 0.5) is 5.69 Å². The molecule has 0 unspecified atom stereocenters. The lowest BCUT2D eigenvalue weighted by molar-refractivity contribution is 0.0696. The minimum atomic E-state index is -1.11. The Kier molecular flexibility index (Phi) is 3.56. The number of carboxylic acids is 1. The Balaban J connectivity index is 2.62. The van der Waals surface area contributed by atoms with Gasteiger partial charge in [-0.2, -0.15) is 4.98 Å². The molecular weight excluding hydrogens is 258 g/mol. The lowest BCUT2D eigenvalue weighted by Gasteiger charge is -2.13. The molecule has 6 heteroatoms. The molecule has 0 amide bonds. The van der Waals surface area contributed by atoms with E-state index in [9.17, 15) is 14.7 Å². The van der Waals surface area contributed by atoms with Crippen LogP contribution in [0.25, 0.3) is 11.3 Å². The SMILES string of the molecule is Cc1[nH]c(=O)nc(-c2ccc(N(C)C)cc2)c1C(=O)O. The summed E-state index contributed by atoms with van der Waals surface area (Å²) in [4.78, 5) is 30.9. The number of carboxylic acid groups (broad SMARTS) is 1. The number of hydrogen-bond donors (Lipinski definition) is 2. The summed E-state index contributed by atoms with van der Waals surface area (Å²) in [6, 6.07) is 7.20. The highest BCUT2D eigenvalue weighted by atomic mass is 16.4. The van der Waals surface area contributed by atoms with Crippen LogP contribution < -0.4 is 10.6 Å². The van der Waals surface area contributed by atoms with Crippen LogP contribution >= 0.6 is 0 Å². The van der Waals surface area contributed by atoms with E-state index < -0.39 is 11.7 Å². The molecule has 2 N–H and O–H groups in total. The van der Waals surface area contributed by atoms with Gasteiger partial charge in [-0.15, -0.1) is 0 Å². The van der Waals surface area contributed by atoms with Crippen molar-refractivity contribution in [2.24, 2.45) is 0 Å². The standard InChI is InChI=1S/C14H15N3O3/c1-8-11(13(18)19)12(16-14(20)15-8)9-4-6-10(7-5-9)17(2)3/h4-7H,1-3H3,(H,18,19)(H,15,16,20). The van der Waals surface area contributed by atoms with E-state index in [-0.39, 0.29) is 11.3 Å². The van der Waals surface area contributed by atoms with Gasteiger partial charge in [0.15, 0.2) is 0 Å². The number of benzene rings is 1. The average Bonchev–Trinajstić information content (AvgIpc) is 2.37. The molecule has 2 rings (SSSR count). The summed E-state index contributed by atoms with van der Waals surface area (Å²) in [5, 5.41) is 9.27. The van der Waals surface area contributed by atoms with Crippen molar-refractivity contribution in [1.29, 1.82) is 0 Å². The van der Waals surface area contributed by atoms with E-state index in [0.717, 1.165) is 5.69 Å². The van der Waals surface area contributed by atoms with Crippen LogP contribution in [-0.2, 0) is 0 Å². The Morgan fingerprint density at radius 3 is 2.35 bits per heavy atom. The van der Waals surface area contributed by atoms with Crippen LogP contribution in [0.1, 0.15) is 16.1 Å². The van der Waals surface area contributed by atoms with Crippen LogP contribution in [0.5, 0.6) is 0 Å².